The van der Waals surface area contributed by atoms with Gasteiger partial charge in [-0.2, -0.15) is 0 Å². The van der Waals surface area contributed by atoms with E-state index in [2.05, 4.69) is 65.6 Å². The molecule has 2 nitrogen and oxygen atoms in total. The molecule has 0 amide bonds. The summed E-state index contributed by atoms with van der Waals surface area (Å²) in [4.78, 5) is 15.4. The van der Waals surface area contributed by atoms with Gasteiger partial charge in [0.25, 0.3) is 0 Å². The van der Waals surface area contributed by atoms with Crippen LogP contribution in [0, 0.1) is 2.88 Å². The van der Waals surface area contributed by atoms with Crippen molar-refractivity contribution in [2.45, 2.75) is 32.9 Å². The number of carbonyl (C=O) groups is 1. The number of ketones is 1. The second-order valence-electron chi connectivity index (χ2n) is 5.33. The number of halogens is 1. The van der Waals surface area contributed by atoms with E-state index in [4.69, 9.17) is 0 Å². The molecule has 0 saturated carbocycles. The van der Waals surface area contributed by atoms with Crippen LogP contribution in [0.4, 0.5) is 0 Å². The van der Waals surface area contributed by atoms with Gasteiger partial charge in [0, 0.05) is 25.6 Å². The van der Waals surface area contributed by atoms with E-state index in [0.29, 0.717) is 12.5 Å². The third kappa shape index (κ3) is 5.20. The van der Waals surface area contributed by atoms with Crippen LogP contribution in [0.2, 0.25) is 0 Å². The third-order valence-corrected chi connectivity index (χ3v) is 5.37. The summed E-state index contributed by atoms with van der Waals surface area (Å²) in [6, 6.07) is 14.8. The Labute approximate surface area is 144 Å². The SMILES string of the molecule is CC(C)N(CCC(=O)c1ccc(I)s1)Cc1ccccc1. The molecule has 0 saturated heterocycles. The Morgan fingerprint density at radius 3 is 2.48 bits per heavy atom. The first-order valence-corrected chi connectivity index (χ1v) is 9.02. The summed E-state index contributed by atoms with van der Waals surface area (Å²) in [7, 11) is 0. The van der Waals surface area contributed by atoms with Crippen LogP contribution in [0.3, 0.4) is 0 Å². The van der Waals surface area contributed by atoms with Gasteiger partial charge < -0.3 is 0 Å². The van der Waals surface area contributed by atoms with E-state index in [-0.39, 0.29) is 5.78 Å². The Balaban J connectivity index is 1.93. The topological polar surface area (TPSA) is 20.3 Å². The lowest BCUT2D eigenvalue weighted by Crippen LogP contribution is -2.32. The fraction of sp³-hybridized carbons (Fsp3) is 0.353. The normalized spacial score (nSPS) is 11.3. The number of nitrogens with zero attached hydrogens (tertiary/aromatic N) is 1. The Morgan fingerprint density at radius 2 is 1.90 bits per heavy atom. The molecule has 4 heteroatoms. The number of hydrogen-bond donors (Lipinski definition) is 0. The summed E-state index contributed by atoms with van der Waals surface area (Å²) in [5.41, 5.74) is 1.30. The second-order valence-corrected chi connectivity index (χ2v) is 8.30. The van der Waals surface area contributed by atoms with E-state index in [1.807, 2.05) is 18.2 Å². The maximum absolute atomic E-state index is 12.2. The summed E-state index contributed by atoms with van der Waals surface area (Å²) in [5.74, 6) is 0.252. The van der Waals surface area contributed by atoms with Gasteiger partial charge in [0.1, 0.15) is 0 Å². The van der Waals surface area contributed by atoms with E-state index in [9.17, 15) is 4.79 Å². The first-order chi connectivity index (χ1) is 10.1. The minimum atomic E-state index is 0.252. The van der Waals surface area contributed by atoms with Crippen LogP contribution in [-0.2, 0) is 6.54 Å². The van der Waals surface area contributed by atoms with Gasteiger partial charge >= 0.3 is 0 Å². The van der Waals surface area contributed by atoms with Crippen LogP contribution in [0.25, 0.3) is 0 Å². The van der Waals surface area contributed by atoms with E-state index in [1.54, 1.807) is 11.3 Å². The highest BCUT2D eigenvalue weighted by molar-refractivity contribution is 14.1. The number of Topliss-reactive ketones (excluding diaryl/α,β-unsaturated/α-hetero) is 1. The highest BCUT2D eigenvalue weighted by atomic mass is 127. The van der Waals surface area contributed by atoms with Crippen molar-refractivity contribution in [1.82, 2.24) is 4.90 Å². The van der Waals surface area contributed by atoms with Crippen molar-refractivity contribution >= 4 is 39.7 Å². The van der Waals surface area contributed by atoms with E-state index >= 15 is 0 Å². The van der Waals surface area contributed by atoms with Crippen molar-refractivity contribution < 1.29 is 4.79 Å². The quantitative estimate of drug-likeness (QED) is 0.479. The Hall–Kier alpha value is -0.720. The van der Waals surface area contributed by atoms with Crippen LogP contribution in [0.15, 0.2) is 42.5 Å². The van der Waals surface area contributed by atoms with Crippen molar-refractivity contribution in [2.24, 2.45) is 0 Å². The molecular weight excluding hydrogens is 393 g/mol. The summed E-state index contributed by atoms with van der Waals surface area (Å²) in [6.45, 7) is 6.07. The first-order valence-electron chi connectivity index (χ1n) is 7.13. The standard InChI is InChI=1S/C17H20INOS/c1-13(2)19(12-14-6-4-3-5-7-14)11-10-15(20)16-8-9-17(18)21-16/h3-9,13H,10-12H2,1-2H3. The molecule has 0 radical (unpaired) electrons. The molecule has 0 bridgehead atoms. The molecule has 2 rings (SSSR count). The van der Waals surface area contributed by atoms with Gasteiger partial charge in [0.15, 0.2) is 5.78 Å². The predicted molar refractivity (Wildman–Crippen MR) is 98.0 cm³/mol. The van der Waals surface area contributed by atoms with Gasteiger partial charge in [-0.15, -0.1) is 11.3 Å². The molecule has 0 N–H and O–H groups in total. The minimum absolute atomic E-state index is 0.252. The van der Waals surface area contributed by atoms with Crippen molar-refractivity contribution in [1.29, 1.82) is 0 Å². The smallest absolute Gasteiger partial charge is 0.174 e. The van der Waals surface area contributed by atoms with Crippen LogP contribution in [0.1, 0.15) is 35.5 Å². The van der Waals surface area contributed by atoms with Crippen molar-refractivity contribution in [3.8, 4) is 0 Å². The van der Waals surface area contributed by atoms with Gasteiger partial charge in [-0.25, -0.2) is 0 Å². The molecule has 112 valence electrons. The number of carbonyl (C=O) groups excluding carboxylic acids is 1. The minimum Gasteiger partial charge on any atom is -0.296 e. The van der Waals surface area contributed by atoms with E-state index in [0.717, 1.165) is 18.0 Å². The monoisotopic (exact) mass is 413 g/mol. The van der Waals surface area contributed by atoms with Crippen molar-refractivity contribution in [3.63, 3.8) is 0 Å². The molecule has 1 aromatic carbocycles. The number of rotatable bonds is 7. The van der Waals surface area contributed by atoms with Gasteiger partial charge in [0.2, 0.25) is 0 Å². The first kappa shape index (κ1) is 16.6. The summed E-state index contributed by atoms with van der Waals surface area (Å²) in [6.07, 6.45) is 0.585. The zero-order valence-corrected chi connectivity index (χ0v) is 15.4. The Morgan fingerprint density at radius 1 is 1.19 bits per heavy atom. The average molecular weight is 413 g/mol. The average Bonchev–Trinajstić information content (AvgIpc) is 2.90. The number of hydrogen-bond acceptors (Lipinski definition) is 3. The van der Waals surface area contributed by atoms with Crippen LogP contribution < -0.4 is 0 Å². The van der Waals surface area contributed by atoms with Gasteiger partial charge in [-0.1, -0.05) is 30.3 Å². The van der Waals surface area contributed by atoms with Crippen molar-refractivity contribution in [3.05, 3.63) is 55.8 Å². The Bertz CT molecular complexity index is 579. The molecule has 0 aliphatic heterocycles. The molecule has 0 spiro atoms. The molecular formula is C17H20INOS. The lowest BCUT2D eigenvalue weighted by Gasteiger charge is -2.26. The maximum atomic E-state index is 12.2. The van der Waals surface area contributed by atoms with E-state index in [1.165, 1.54) is 8.45 Å². The molecule has 2 aromatic rings. The lowest BCUT2D eigenvalue weighted by atomic mass is 10.1. The zero-order valence-electron chi connectivity index (χ0n) is 12.4. The number of benzene rings is 1. The molecule has 21 heavy (non-hydrogen) atoms. The largest absolute Gasteiger partial charge is 0.296 e. The molecule has 1 heterocycles. The summed E-state index contributed by atoms with van der Waals surface area (Å²) < 4.78 is 1.17. The fourth-order valence-electron chi connectivity index (χ4n) is 2.17. The van der Waals surface area contributed by atoms with Gasteiger partial charge in [-0.3, -0.25) is 9.69 Å². The highest BCUT2D eigenvalue weighted by Gasteiger charge is 2.14. The van der Waals surface area contributed by atoms with Gasteiger partial charge in [0.05, 0.1) is 7.76 Å². The third-order valence-electron chi connectivity index (χ3n) is 3.43. The predicted octanol–water partition coefficient (Wildman–Crippen LogP) is 4.84. The molecule has 0 unspecified atom stereocenters. The molecule has 0 aliphatic carbocycles. The van der Waals surface area contributed by atoms with Crippen LogP contribution in [-0.4, -0.2) is 23.3 Å². The maximum Gasteiger partial charge on any atom is 0.174 e. The van der Waals surface area contributed by atoms with Crippen LogP contribution >= 0.6 is 33.9 Å². The molecule has 0 fully saturated rings. The summed E-state index contributed by atoms with van der Waals surface area (Å²) >= 11 is 3.84. The second kappa shape index (κ2) is 8.06. The van der Waals surface area contributed by atoms with E-state index < -0.39 is 0 Å². The highest BCUT2D eigenvalue weighted by Crippen LogP contribution is 2.20. The molecule has 0 atom stereocenters. The van der Waals surface area contributed by atoms with Gasteiger partial charge in [-0.05, 0) is 54.1 Å². The molecule has 1 aromatic heterocycles. The lowest BCUT2D eigenvalue weighted by molar-refractivity contribution is 0.0956. The van der Waals surface area contributed by atoms with Crippen molar-refractivity contribution in [2.75, 3.05) is 6.54 Å². The summed E-state index contributed by atoms with van der Waals surface area (Å²) in [5, 5.41) is 0. The zero-order chi connectivity index (χ0) is 15.2. The Kier molecular flexibility index (Phi) is 6.39. The number of thiophene rings is 1. The fourth-order valence-corrected chi connectivity index (χ4v) is 3.76. The van der Waals surface area contributed by atoms with Crippen LogP contribution in [0.5, 0.6) is 0 Å². The molecule has 0 aliphatic rings.